The lowest BCUT2D eigenvalue weighted by atomic mass is 10.2. The van der Waals surface area contributed by atoms with E-state index in [1.54, 1.807) is 12.1 Å². The van der Waals surface area contributed by atoms with Crippen LogP contribution in [0.1, 0.15) is 18.4 Å². The minimum Gasteiger partial charge on any atom is -0.312 e. The van der Waals surface area contributed by atoms with Crippen LogP contribution in [0.25, 0.3) is 0 Å². The average molecular weight is 258 g/mol. The second-order valence-electron chi connectivity index (χ2n) is 3.81. The van der Waals surface area contributed by atoms with Crippen LogP contribution in [0, 0.1) is 11.7 Å². The zero-order valence-corrected chi connectivity index (χ0v) is 9.48. The van der Waals surface area contributed by atoms with Crippen molar-refractivity contribution in [2.45, 2.75) is 19.4 Å². The van der Waals surface area contributed by atoms with Crippen LogP contribution in [0.5, 0.6) is 0 Å². The predicted octanol–water partition coefficient (Wildman–Crippen LogP) is 3.09. The molecule has 3 heteroatoms. The summed E-state index contributed by atoms with van der Waals surface area (Å²) >= 11 is 3.41. The lowest BCUT2D eigenvalue weighted by Crippen LogP contribution is -2.16. The van der Waals surface area contributed by atoms with E-state index in [0.717, 1.165) is 29.0 Å². The molecule has 1 aromatic carbocycles. The van der Waals surface area contributed by atoms with Gasteiger partial charge in [0.05, 0.1) is 0 Å². The Balaban J connectivity index is 1.89. The van der Waals surface area contributed by atoms with Crippen molar-refractivity contribution < 1.29 is 4.39 Å². The zero-order valence-electron chi connectivity index (χ0n) is 7.89. The highest BCUT2D eigenvalue weighted by molar-refractivity contribution is 9.10. The molecule has 14 heavy (non-hydrogen) atoms. The van der Waals surface area contributed by atoms with Crippen molar-refractivity contribution >= 4 is 15.9 Å². The van der Waals surface area contributed by atoms with Gasteiger partial charge in [-0.1, -0.05) is 15.9 Å². The summed E-state index contributed by atoms with van der Waals surface area (Å²) in [5.74, 6) is 0.693. The van der Waals surface area contributed by atoms with Crippen molar-refractivity contribution in [2.24, 2.45) is 5.92 Å². The minimum absolute atomic E-state index is 0.170. The van der Waals surface area contributed by atoms with Crippen LogP contribution in [0.2, 0.25) is 0 Å². The number of hydrogen-bond donors (Lipinski definition) is 1. The summed E-state index contributed by atoms with van der Waals surface area (Å²) in [5, 5.41) is 3.34. The third-order valence-electron chi connectivity index (χ3n) is 2.45. The molecule has 0 amide bonds. The summed E-state index contributed by atoms with van der Waals surface area (Å²) in [5.41, 5.74) is 0.991. The fourth-order valence-corrected chi connectivity index (χ4v) is 1.80. The van der Waals surface area contributed by atoms with Gasteiger partial charge in [-0.25, -0.2) is 4.39 Å². The fourth-order valence-electron chi connectivity index (χ4n) is 1.41. The summed E-state index contributed by atoms with van der Waals surface area (Å²) in [6, 6.07) is 4.79. The Bertz CT molecular complexity index is 323. The van der Waals surface area contributed by atoms with Crippen LogP contribution in [0.15, 0.2) is 22.7 Å². The molecule has 0 unspecified atom stereocenters. The minimum atomic E-state index is -0.170. The molecular weight excluding hydrogens is 245 g/mol. The standard InChI is InChI=1S/C11H13BrFN/c12-11-4-3-10(13)5-9(11)7-14-6-8-1-2-8/h3-5,8,14H,1-2,6-7H2. The van der Waals surface area contributed by atoms with Gasteiger partial charge in [-0.2, -0.15) is 0 Å². The van der Waals surface area contributed by atoms with Crippen molar-refractivity contribution in [3.63, 3.8) is 0 Å². The van der Waals surface area contributed by atoms with E-state index in [9.17, 15) is 4.39 Å². The molecule has 0 bridgehead atoms. The zero-order chi connectivity index (χ0) is 9.97. The average Bonchev–Trinajstić information content (AvgIpc) is 2.95. The summed E-state index contributed by atoms with van der Waals surface area (Å²) in [6.07, 6.45) is 2.69. The Labute approximate surface area is 91.8 Å². The quantitative estimate of drug-likeness (QED) is 0.875. The smallest absolute Gasteiger partial charge is 0.123 e. The van der Waals surface area contributed by atoms with Crippen molar-refractivity contribution in [3.8, 4) is 0 Å². The van der Waals surface area contributed by atoms with Gasteiger partial charge in [-0.15, -0.1) is 0 Å². The SMILES string of the molecule is Fc1ccc(Br)c(CNCC2CC2)c1. The van der Waals surface area contributed by atoms with Crippen LogP contribution in [-0.4, -0.2) is 6.54 Å². The van der Waals surface area contributed by atoms with Gasteiger partial charge in [0.2, 0.25) is 0 Å². The molecule has 0 atom stereocenters. The lowest BCUT2D eigenvalue weighted by Gasteiger charge is -2.06. The molecule has 1 nitrogen and oxygen atoms in total. The van der Waals surface area contributed by atoms with Crippen LogP contribution in [-0.2, 0) is 6.54 Å². The highest BCUT2D eigenvalue weighted by atomic mass is 79.9. The first-order valence-electron chi connectivity index (χ1n) is 4.90. The maximum atomic E-state index is 12.9. The van der Waals surface area contributed by atoms with Gasteiger partial charge in [0.1, 0.15) is 5.82 Å². The Morgan fingerprint density at radius 1 is 1.43 bits per heavy atom. The van der Waals surface area contributed by atoms with Crippen molar-refractivity contribution in [2.75, 3.05) is 6.54 Å². The van der Waals surface area contributed by atoms with Gasteiger partial charge >= 0.3 is 0 Å². The largest absolute Gasteiger partial charge is 0.312 e. The molecule has 2 rings (SSSR count). The predicted molar refractivity (Wildman–Crippen MR) is 58.5 cm³/mol. The highest BCUT2D eigenvalue weighted by Crippen LogP contribution is 2.27. The van der Waals surface area contributed by atoms with E-state index in [-0.39, 0.29) is 5.82 Å². The maximum absolute atomic E-state index is 12.9. The first-order valence-corrected chi connectivity index (χ1v) is 5.69. The van der Waals surface area contributed by atoms with E-state index in [1.165, 1.54) is 18.9 Å². The molecule has 76 valence electrons. The van der Waals surface area contributed by atoms with E-state index in [2.05, 4.69) is 21.2 Å². The van der Waals surface area contributed by atoms with Gasteiger partial charge < -0.3 is 5.32 Å². The Morgan fingerprint density at radius 3 is 2.93 bits per heavy atom. The monoisotopic (exact) mass is 257 g/mol. The Morgan fingerprint density at radius 2 is 2.21 bits per heavy atom. The van der Waals surface area contributed by atoms with Gasteiger partial charge in [-0.05, 0) is 49.1 Å². The third kappa shape index (κ3) is 2.79. The second kappa shape index (κ2) is 4.41. The molecule has 0 heterocycles. The van der Waals surface area contributed by atoms with Crippen LogP contribution >= 0.6 is 15.9 Å². The van der Waals surface area contributed by atoms with E-state index in [1.807, 2.05) is 0 Å². The molecule has 1 N–H and O–H groups in total. The molecule has 0 saturated heterocycles. The van der Waals surface area contributed by atoms with Crippen molar-refractivity contribution in [1.29, 1.82) is 0 Å². The molecular formula is C11H13BrFN. The number of nitrogens with one attached hydrogen (secondary N) is 1. The Kier molecular flexibility index (Phi) is 3.19. The molecule has 0 radical (unpaired) electrons. The number of hydrogen-bond acceptors (Lipinski definition) is 1. The van der Waals surface area contributed by atoms with E-state index in [4.69, 9.17) is 0 Å². The third-order valence-corrected chi connectivity index (χ3v) is 3.23. The van der Waals surface area contributed by atoms with Gasteiger partial charge in [0, 0.05) is 11.0 Å². The van der Waals surface area contributed by atoms with Crippen LogP contribution in [0.4, 0.5) is 4.39 Å². The van der Waals surface area contributed by atoms with Gasteiger partial charge in [0.25, 0.3) is 0 Å². The van der Waals surface area contributed by atoms with Gasteiger partial charge in [-0.3, -0.25) is 0 Å². The number of rotatable bonds is 4. The van der Waals surface area contributed by atoms with E-state index < -0.39 is 0 Å². The van der Waals surface area contributed by atoms with E-state index >= 15 is 0 Å². The van der Waals surface area contributed by atoms with E-state index in [0.29, 0.717) is 0 Å². The number of halogens is 2. The maximum Gasteiger partial charge on any atom is 0.123 e. The first-order chi connectivity index (χ1) is 6.75. The normalized spacial score (nSPS) is 15.9. The van der Waals surface area contributed by atoms with Crippen molar-refractivity contribution in [3.05, 3.63) is 34.1 Å². The van der Waals surface area contributed by atoms with Gasteiger partial charge in [0.15, 0.2) is 0 Å². The molecule has 0 aromatic heterocycles. The fraction of sp³-hybridized carbons (Fsp3) is 0.455. The second-order valence-corrected chi connectivity index (χ2v) is 4.66. The topological polar surface area (TPSA) is 12.0 Å². The molecule has 0 spiro atoms. The molecule has 1 aliphatic carbocycles. The lowest BCUT2D eigenvalue weighted by molar-refractivity contribution is 0.611. The summed E-state index contributed by atoms with van der Waals surface area (Å²) in [4.78, 5) is 0. The van der Waals surface area contributed by atoms with Crippen LogP contribution in [0.3, 0.4) is 0 Å². The number of benzene rings is 1. The first kappa shape index (κ1) is 10.1. The van der Waals surface area contributed by atoms with Crippen LogP contribution < -0.4 is 5.32 Å². The molecule has 1 aromatic rings. The highest BCUT2D eigenvalue weighted by Gasteiger charge is 2.20. The molecule has 1 saturated carbocycles. The molecule has 0 aliphatic heterocycles. The van der Waals surface area contributed by atoms with Crippen molar-refractivity contribution in [1.82, 2.24) is 5.32 Å². The molecule has 1 aliphatic rings. The molecule has 1 fully saturated rings. The summed E-state index contributed by atoms with van der Waals surface area (Å²) < 4.78 is 13.9. The summed E-state index contributed by atoms with van der Waals surface area (Å²) in [7, 11) is 0. The Hall–Kier alpha value is -0.410. The summed E-state index contributed by atoms with van der Waals surface area (Å²) in [6.45, 7) is 1.80.